The molecule has 1 aromatic carbocycles. The van der Waals surface area contributed by atoms with E-state index in [1.165, 1.54) is 0 Å². The molecule has 5 nitrogen and oxygen atoms in total. The molecule has 0 aliphatic carbocycles. The van der Waals surface area contributed by atoms with Crippen LogP contribution in [-0.4, -0.2) is 16.5 Å². The number of aromatic nitrogens is 2. The summed E-state index contributed by atoms with van der Waals surface area (Å²) in [7, 11) is 0. The summed E-state index contributed by atoms with van der Waals surface area (Å²) < 4.78 is 0.618. The van der Waals surface area contributed by atoms with Crippen LogP contribution >= 0.6 is 15.9 Å². The summed E-state index contributed by atoms with van der Waals surface area (Å²) in [4.78, 5) is 10.4. The second kappa shape index (κ2) is 6.16. The van der Waals surface area contributed by atoms with Crippen molar-refractivity contribution in [2.45, 2.75) is 6.42 Å². The standard InChI is InChI=1S/C13H12BrN5/c14-11-9-12(16)18-13(17-11)19(8-4-7-15)10-5-2-1-3-6-10/h1-3,5-6,9H,4,8H2,(H2,16,17,18). The number of nitrogens with zero attached hydrogens (tertiary/aromatic N) is 4. The Kier molecular flexibility index (Phi) is 4.31. The number of rotatable bonds is 4. The van der Waals surface area contributed by atoms with Crippen molar-refractivity contribution >= 4 is 33.4 Å². The summed E-state index contributed by atoms with van der Waals surface area (Å²) in [6, 6.07) is 13.4. The molecule has 0 aliphatic rings. The zero-order chi connectivity index (χ0) is 13.7. The first-order valence-electron chi connectivity index (χ1n) is 5.70. The fraction of sp³-hybridized carbons (Fsp3) is 0.154. The lowest BCUT2D eigenvalue weighted by molar-refractivity contribution is 0.896. The molecule has 0 radical (unpaired) electrons. The Labute approximate surface area is 119 Å². The number of nitrogens with two attached hydrogens (primary N) is 1. The maximum Gasteiger partial charge on any atom is 0.232 e. The van der Waals surface area contributed by atoms with Gasteiger partial charge >= 0.3 is 0 Å². The minimum atomic E-state index is 0.380. The van der Waals surface area contributed by atoms with Gasteiger partial charge in [0.05, 0.1) is 12.5 Å². The van der Waals surface area contributed by atoms with Crippen molar-refractivity contribution in [2.24, 2.45) is 0 Å². The first-order chi connectivity index (χ1) is 9.20. The molecular weight excluding hydrogens is 306 g/mol. The van der Waals surface area contributed by atoms with Crippen LogP contribution < -0.4 is 10.6 Å². The quantitative estimate of drug-likeness (QED) is 0.877. The number of nitrogen functional groups attached to an aromatic ring is 1. The van der Waals surface area contributed by atoms with Crippen LogP contribution in [0.15, 0.2) is 41.0 Å². The number of hydrogen-bond acceptors (Lipinski definition) is 5. The Bertz CT molecular complexity index is 573. The lowest BCUT2D eigenvalue weighted by Gasteiger charge is -2.21. The van der Waals surface area contributed by atoms with Gasteiger partial charge in [-0.05, 0) is 28.1 Å². The summed E-state index contributed by atoms with van der Waals surface area (Å²) >= 11 is 3.30. The summed E-state index contributed by atoms with van der Waals surface area (Å²) in [5.74, 6) is 0.864. The summed E-state index contributed by atoms with van der Waals surface area (Å²) in [6.45, 7) is 0.510. The van der Waals surface area contributed by atoms with Gasteiger partial charge in [0, 0.05) is 18.3 Å². The average Bonchev–Trinajstić information content (AvgIpc) is 2.39. The Morgan fingerprint density at radius 1 is 1.26 bits per heavy atom. The van der Waals surface area contributed by atoms with E-state index < -0.39 is 0 Å². The molecule has 0 bridgehead atoms. The molecule has 0 spiro atoms. The van der Waals surface area contributed by atoms with E-state index in [9.17, 15) is 0 Å². The Morgan fingerprint density at radius 2 is 2.00 bits per heavy atom. The van der Waals surface area contributed by atoms with Crippen LogP contribution in [0.5, 0.6) is 0 Å². The third kappa shape index (κ3) is 3.42. The molecule has 0 unspecified atom stereocenters. The predicted octanol–water partition coefficient (Wildman–Crippen LogP) is 2.87. The first-order valence-corrected chi connectivity index (χ1v) is 6.49. The number of hydrogen-bond donors (Lipinski definition) is 1. The normalized spacial score (nSPS) is 9.89. The molecule has 2 N–H and O–H groups in total. The van der Waals surface area contributed by atoms with Crippen LogP contribution in [0.25, 0.3) is 0 Å². The largest absolute Gasteiger partial charge is 0.383 e. The van der Waals surface area contributed by atoms with Crippen molar-refractivity contribution in [3.8, 4) is 6.07 Å². The van der Waals surface area contributed by atoms with E-state index in [-0.39, 0.29) is 0 Å². The summed E-state index contributed by atoms with van der Waals surface area (Å²) in [5, 5.41) is 8.77. The monoisotopic (exact) mass is 317 g/mol. The van der Waals surface area contributed by atoms with Gasteiger partial charge in [0.25, 0.3) is 0 Å². The summed E-state index contributed by atoms with van der Waals surface area (Å²) in [6.07, 6.45) is 0.380. The number of nitriles is 1. The van der Waals surface area contributed by atoms with E-state index in [2.05, 4.69) is 32.0 Å². The average molecular weight is 318 g/mol. The van der Waals surface area contributed by atoms with Crippen LogP contribution in [0.4, 0.5) is 17.5 Å². The molecule has 0 amide bonds. The fourth-order valence-electron chi connectivity index (χ4n) is 1.66. The third-order valence-corrected chi connectivity index (χ3v) is 2.87. The van der Waals surface area contributed by atoms with Crippen LogP contribution in [0.2, 0.25) is 0 Å². The van der Waals surface area contributed by atoms with Crippen LogP contribution in [0.3, 0.4) is 0 Å². The molecule has 0 fully saturated rings. The Balaban J connectivity index is 2.40. The Morgan fingerprint density at radius 3 is 2.63 bits per heavy atom. The lowest BCUT2D eigenvalue weighted by Crippen LogP contribution is -2.21. The number of anilines is 3. The molecule has 6 heteroatoms. The second-order valence-electron chi connectivity index (χ2n) is 3.81. The molecule has 2 rings (SSSR count). The number of benzene rings is 1. The van der Waals surface area contributed by atoms with Gasteiger partial charge in [-0.1, -0.05) is 18.2 Å². The van der Waals surface area contributed by atoms with Gasteiger partial charge in [0.1, 0.15) is 10.4 Å². The van der Waals surface area contributed by atoms with Crippen molar-refractivity contribution in [2.75, 3.05) is 17.2 Å². The van der Waals surface area contributed by atoms with Gasteiger partial charge in [-0.3, -0.25) is 0 Å². The molecule has 2 aromatic rings. The minimum Gasteiger partial charge on any atom is -0.383 e. The van der Waals surface area contributed by atoms with Crippen molar-refractivity contribution < 1.29 is 0 Å². The van der Waals surface area contributed by atoms with E-state index in [0.29, 0.717) is 29.3 Å². The van der Waals surface area contributed by atoms with E-state index in [1.807, 2.05) is 35.2 Å². The topological polar surface area (TPSA) is 78.8 Å². The van der Waals surface area contributed by atoms with Crippen LogP contribution in [0, 0.1) is 11.3 Å². The molecule has 0 saturated heterocycles. The minimum absolute atomic E-state index is 0.380. The predicted molar refractivity (Wildman–Crippen MR) is 77.8 cm³/mol. The molecular formula is C13H12BrN5. The molecule has 1 heterocycles. The highest BCUT2D eigenvalue weighted by atomic mass is 79.9. The SMILES string of the molecule is N#CCCN(c1ccccc1)c1nc(N)cc(Br)n1. The van der Waals surface area contributed by atoms with Crippen LogP contribution in [0.1, 0.15) is 6.42 Å². The number of para-hydroxylation sites is 1. The lowest BCUT2D eigenvalue weighted by atomic mass is 10.3. The van der Waals surface area contributed by atoms with Gasteiger partial charge < -0.3 is 10.6 Å². The molecule has 0 aliphatic heterocycles. The number of halogens is 1. The smallest absolute Gasteiger partial charge is 0.232 e. The fourth-order valence-corrected chi connectivity index (χ4v) is 2.05. The Hall–Kier alpha value is -2.13. The van der Waals surface area contributed by atoms with E-state index >= 15 is 0 Å². The third-order valence-electron chi connectivity index (χ3n) is 2.46. The van der Waals surface area contributed by atoms with Crippen molar-refractivity contribution in [1.82, 2.24) is 9.97 Å². The second-order valence-corrected chi connectivity index (χ2v) is 4.62. The maximum absolute atomic E-state index is 8.77. The van der Waals surface area contributed by atoms with Gasteiger partial charge in [-0.2, -0.15) is 10.2 Å². The zero-order valence-electron chi connectivity index (χ0n) is 10.1. The highest BCUT2D eigenvalue weighted by molar-refractivity contribution is 9.10. The van der Waals surface area contributed by atoms with Gasteiger partial charge in [0.15, 0.2) is 0 Å². The van der Waals surface area contributed by atoms with Crippen molar-refractivity contribution in [3.63, 3.8) is 0 Å². The van der Waals surface area contributed by atoms with Gasteiger partial charge in [-0.25, -0.2) is 4.98 Å². The maximum atomic E-state index is 8.77. The van der Waals surface area contributed by atoms with Gasteiger partial charge in [-0.15, -0.1) is 0 Å². The van der Waals surface area contributed by atoms with E-state index in [0.717, 1.165) is 5.69 Å². The van der Waals surface area contributed by atoms with Crippen molar-refractivity contribution in [1.29, 1.82) is 5.26 Å². The summed E-state index contributed by atoms with van der Waals surface area (Å²) in [5.41, 5.74) is 6.66. The highest BCUT2D eigenvalue weighted by Crippen LogP contribution is 2.24. The molecule has 0 saturated carbocycles. The van der Waals surface area contributed by atoms with E-state index in [4.69, 9.17) is 11.0 Å². The molecule has 0 atom stereocenters. The van der Waals surface area contributed by atoms with E-state index in [1.54, 1.807) is 6.07 Å². The van der Waals surface area contributed by atoms with Gasteiger partial charge in [0.2, 0.25) is 5.95 Å². The molecule has 96 valence electrons. The van der Waals surface area contributed by atoms with Crippen molar-refractivity contribution in [3.05, 3.63) is 41.0 Å². The molecule has 19 heavy (non-hydrogen) atoms. The molecule has 1 aromatic heterocycles. The van der Waals surface area contributed by atoms with Crippen LogP contribution in [-0.2, 0) is 0 Å². The zero-order valence-corrected chi connectivity index (χ0v) is 11.7. The first kappa shape index (κ1) is 13.3. The highest BCUT2D eigenvalue weighted by Gasteiger charge is 2.13.